The van der Waals surface area contributed by atoms with Gasteiger partial charge in [-0.25, -0.2) is 0 Å². The number of carbonyl (C=O) groups excluding carboxylic acids is 1. The molecule has 5 nitrogen and oxygen atoms in total. The Morgan fingerprint density at radius 3 is 1.05 bits per heavy atom. The first-order chi connectivity index (χ1) is 18.7. The molecule has 212 valence electrons. The van der Waals surface area contributed by atoms with Crippen LogP contribution in [0.1, 0.15) is 119 Å². The van der Waals surface area contributed by atoms with Gasteiger partial charge in [0.1, 0.15) is 11.5 Å². The molecule has 2 N–H and O–H groups in total. The number of ketones is 1. The first-order valence-corrected chi connectivity index (χ1v) is 15.0. The Balaban J connectivity index is 1.57. The zero-order valence-corrected chi connectivity index (χ0v) is 23.4. The van der Waals surface area contributed by atoms with Crippen molar-refractivity contribution in [1.29, 1.82) is 0 Å². The van der Waals surface area contributed by atoms with E-state index in [-0.39, 0.29) is 5.78 Å². The summed E-state index contributed by atoms with van der Waals surface area (Å²) in [6.45, 7) is 2.02. The van der Waals surface area contributed by atoms with Crippen molar-refractivity contribution in [3.8, 4) is 11.5 Å². The Labute approximate surface area is 230 Å². The van der Waals surface area contributed by atoms with Crippen molar-refractivity contribution in [3.05, 3.63) is 59.7 Å². The smallest absolute Gasteiger partial charge is 0.193 e. The van der Waals surface area contributed by atoms with E-state index in [1.807, 2.05) is 48.5 Å². The molecule has 0 radical (unpaired) electrons. The van der Waals surface area contributed by atoms with Gasteiger partial charge in [0.15, 0.2) is 5.78 Å². The van der Waals surface area contributed by atoms with E-state index in [1.54, 1.807) is 0 Å². The first kappa shape index (κ1) is 31.8. The third kappa shape index (κ3) is 14.5. The third-order valence-electron chi connectivity index (χ3n) is 6.88. The van der Waals surface area contributed by atoms with E-state index in [2.05, 4.69) is 0 Å². The molecule has 2 rings (SSSR count). The number of aliphatic hydroxyl groups excluding tert-OH is 2. The van der Waals surface area contributed by atoms with Crippen LogP contribution in [0.5, 0.6) is 11.5 Å². The van der Waals surface area contributed by atoms with Crippen molar-refractivity contribution in [2.75, 3.05) is 26.4 Å². The maximum Gasteiger partial charge on any atom is 0.193 e. The Bertz CT molecular complexity index is 762. The molecule has 0 aromatic heterocycles. The average Bonchev–Trinajstić information content (AvgIpc) is 2.95. The van der Waals surface area contributed by atoms with Crippen molar-refractivity contribution in [2.45, 2.75) is 103 Å². The predicted octanol–water partition coefficient (Wildman–Crippen LogP) is 7.90. The van der Waals surface area contributed by atoms with E-state index in [4.69, 9.17) is 19.7 Å². The quantitative estimate of drug-likeness (QED) is 0.107. The van der Waals surface area contributed by atoms with E-state index < -0.39 is 0 Å². The number of benzene rings is 2. The summed E-state index contributed by atoms with van der Waals surface area (Å²) in [5.74, 6) is 1.60. The summed E-state index contributed by atoms with van der Waals surface area (Å²) in [4.78, 5) is 12.8. The van der Waals surface area contributed by atoms with Crippen LogP contribution >= 0.6 is 0 Å². The lowest BCUT2D eigenvalue weighted by Crippen LogP contribution is -2.03. The summed E-state index contributed by atoms with van der Waals surface area (Å²) in [5.41, 5.74) is 1.31. The standard InChI is InChI=1S/C33H50O5/c34-25-13-9-5-1-3-7-11-15-27-37-31-21-17-29(18-22-31)33(36)30-19-23-32(24-20-30)38-28-16-12-8-4-2-6-10-14-26-35/h17-24,34-35H,1-16,25-28H2. The van der Waals surface area contributed by atoms with Crippen LogP contribution in [0.25, 0.3) is 0 Å². The number of hydrogen-bond acceptors (Lipinski definition) is 5. The van der Waals surface area contributed by atoms with Gasteiger partial charge in [0, 0.05) is 24.3 Å². The second kappa shape index (κ2) is 21.6. The molecular weight excluding hydrogens is 476 g/mol. The topological polar surface area (TPSA) is 76.0 Å². The average molecular weight is 527 g/mol. The van der Waals surface area contributed by atoms with Gasteiger partial charge < -0.3 is 19.7 Å². The zero-order valence-electron chi connectivity index (χ0n) is 23.4. The van der Waals surface area contributed by atoms with Gasteiger partial charge >= 0.3 is 0 Å². The van der Waals surface area contributed by atoms with E-state index in [1.165, 1.54) is 64.2 Å². The molecule has 0 fully saturated rings. The van der Waals surface area contributed by atoms with Gasteiger partial charge in [-0.2, -0.15) is 0 Å². The highest BCUT2D eigenvalue weighted by molar-refractivity contribution is 6.09. The number of aliphatic hydroxyl groups is 2. The second-order valence-corrected chi connectivity index (χ2v) is 10.2. The Kier molecular flexibility index (Phi) is 18.1. The van der Waals surface area contributed by atoms with Gasteiger partial charge in [0.2, 0.25) is 0 Å². The molecule has 5 heteroatoms. The molecule has 0 unspecified atom stereocenters. The predicted molar refractivity (Wildman–Crippen MR) is 155 cm³/mol. The summed E-state index contributed by atoms with van der Waals surface area (Å²) < 4.78 is 11.7. The summed E-state index contributed by atoms with van der Waals surface area (Å²) >= 11 is 0. The molecule has 0 aliphatic rings. The summed E-state index contributed by atoms with van der Waals surface area (Å²) in [7, 11) is 0. The van der Waals surface area contributed by atoms with Crippen molar-refractivity contribution < 1.29 is 24.5 Å². The molecule has 0 saturated heterocycles. The normalized spacial score (nSPS) is 11.0. The van der Waals surface area contributed by atoms with Gasteiger partial charge in [-0.3, -0.25) is 4.79 Å². The molecule has 0 heterocycles. The van der Waals surface area contributed by atoms with E-state index in [0.29, 0.717) is 37.6 Å². The van der Waals surface area contributed by atoms with Crippen LogP contribution in [0.2, 0.25) is 0 Å². The van der Waals surface area contributed by atoms with Crippen molar-refractivity contribution in [2.24, 2.45) is 0 Å². The summed E-state index contributed by atoms with van der Waals surface area (Å²) in [6.07, 6.45) is 18.4. The minimum absolute atomic E-state index is 0.000997. The first-order valence-electron chi connectivity index (χ1n) is 15.0. The number of ether oxygens (including phenoxy) is 2. The highest BCUT2D eigenvalue weighted by Gasteiger charge is 2.09. The second-order valence-electron chi connectivity index (χ2n) is 10.2. The molecule has 0 spiro atoms. The minimum Gasteiger partial charge on any atom is -0.494 e. The molecule has 38 heavy (non-hydrogen) atoms. The van der Waals surface area contributed by atoms with E-state index in [9.17, 15) is 4.79 Å². The van der Waals surface area contributed by atoms with E-state index >= 15 is 0 Å². The van der Waals surface area contributed by atoms with Crippen LogP contribution in [-0.4, -0.2) is 42.4 Å². The maximum atomic E-state index is 12.8. The Morgan fingerprint density at radius 1 is 0.447 bits per heavy atom. The van der Waals surface area contributed by atoms with E-state index in [0.717, 1.165) is 50.0 Å². The van der Waals surface area contributed by atoms with Crippen LogP contribution in [-0.2, 0) is 0 Å². The fourth-order valence-corrected chi connectivity index (χ4v) is 4.50. The molecule has 2 aromatic rings. The van der Waals surface area contributed by atoms with Gasteiger partial charge in [0.05, 0.1) is 13.2 Å². The summed E-state index contributed by atoms with van der Waals surface area (Å²) in [6, 6.07) is 14.8. The molecule has 0 amide bonds. The zero-order chi connectivity index (χ0) is 27.1. The van der Waals surface area contributed by atoms with Gasteiger partial charge in [0.25, 0.3) is 0 Å². The molecule has 0 aliphatic carbocycles. The molecule has 2 aromatic carbocycles. The van der Waals surface area contributed by atoms with Crippen molar-refractivity contribution in [3.63, 3.8) is 0 Å². The highest BCUT2D eigenvalue weighted by Crippen LogP contribution is 2.19. The van der Waals surface area contributed by atoms with Crippen LogP contribution < -0.4 is 9.47 Å². The summed E-state index contributed by atoms with van der Waals surface area (Å²) in [5, 5.41) is 17.6. The number of carbonyl (C=O) groups is 1. The van der Waals surface area contributed by atoms with Crippen LogP contribution in [0.15, 0.2) is 48.5 Å². The molecule has 0 atom stereocenters. The highest BCUT2D eigenvalue weighted by atomic mass is 16.5. The lowest BCUT2D eigenvalue weighted by molar-refractivity contribution is 0.103. The molecule has 0 aliphatic heterocycles. The van der Waals surface area contributed by atoms with Crippen LogP contribution in [0.3, 0.4) is 0 Å². The molecule has 0 bridgehead atoms. The largest absolute Gasteiger partial charge is 0.494 e. The Hall–Kier alpha value is -2.37. The maximum absolute atomic E-state index is 12.8. The molecular formula is C33H50O5. The fraction of sp³-hybridized carbons (Fsp3) is 0.606. The number of hydrogen-bond donors (Lipinski definition) is 2. The monoisotopic (exact) mass is 526 g/mol. The van der Waals surface area contributed by atoms with Crippen LogP contribution in [0, 0.1) is 0 Å². The third-order valence-corrected chi connectivity index (χ3v) is 6.88. The van der Waals surface area contributed by atoms with Crippen LogP contribution in [0.4, 0.5) is 0 Å². The fourth-order valence-electron chi connectivity index (χ4n) is 4.50. The van der Waals surface area contributed by atoms with Gasteiger partial charge in [-0.1, -0.05) is 77.0 Å². The number of unbranched alkanes of at least 4 members (excludes halogenated alkanes) is 14. The number of rotatable bonds is 24. The van der Waals surface area contributed by atoms with Crippen molar-refractivity contribution >= 4 is 5.78 Å². The lowest BCUT2D eigenvalue weighted by atomic mass is 10.0. The lowest BCUT2D eigenvalue weighted by Gasteiger charge is -2.09. The van der Waals surface area contributed by atoms with Gasteiger partial charge in [-0.05, 0) is 74.2 Å². The minimum atomic E-state index is 0.000997. The molecule has 0 saturated carbocycles. The Morgan fingerprint density at radius 2 is 0.737 bits per heavy atom. The van der Waals surface area contributed by atoms with Gasteiger partial charge in [-0.15, -0.1) is 0 Å². The van der Waals surface area contributed by atoms with Crippen molar-refractivity contribution in [1.82, 2.24) is 0 Å². The SMILES string of the molecule is O=C(c1ccc(OCCCCCCCCCCO)cc1)c1ccc(OCCCCCCCCCCO)cc1.